The highest BCUT2D eigenvalue weighted by Crippen LogP contribution is 2.37. The van der Waals surface area contributed by atoms with Crippen LogP contribution in [0.4, 0.5) is 0 Å². The van der Waals surface area contributed by atoms with Gasteiger partial charge in [-0.2, -0.15) is 11.3 Å². The van der Waals surface area contributed by atoms with Gasteiger partial charge in [-0.3, -0.25) is 0 Å². The van der Waals surface area contributed by atoms with Gasteiger partial charge in [0.2, 0.25) is 0 Å². The van der Waals surface area contributed by atoms with E-state index in [1.54, 1.807) is 22.7 Å². The van der Waals surface area contributed by atoms with Gasteiger partial charge in [-0.15, -0.1) is 11.3 Å². The summed E-state index contributed by atoms with van der Waals surface area (Å²) in [6.45, 7) is 3.05. The molecule has 0 aliphatic carbocycles. The van der Waals surface area contributed by atoms with Crippen molar-refractivity contribution in [3.63, 3.8) is 0 Å². The Morgan fingerprint density at radius 2 is 2.38 bits per heavy atom. The van der Waals surface area contributed by atoms with Crippen LogP contribution in [0.2, 0.25) is 5.02 Å². The van der Waals surface area contributed by atoms with Gasteiger partial charge in [-0.1, -0.05) is 18.5 Å². The Bertz CT molecular complexity index is 433. The molecule has 2 heterocycles. The average Bonchev–Trinajstić information content (AvgIpc) is 2.86. The van der Waals surface area contributed by atoms with E-state index in [1.807, 2.05) is 6.07 Å². The highest BCUT2D eigenvalue weighted by atomic mass is 79.9. The lowest BCUT2D eigenvalue weighted by atomic mass is 10.1. The Morgan fingerprint density at radius 3 is 2.88 bits per heavy atom. The van der Waals surface area contributed by atoms with Gasteiger partial charge in [-0.25, -0.2) is 0 Å². The maximum Gasteiger partial charge on any atom is 0.0888 e. The number of hydrogen-bond donors (Lipinski definition) is 1. The van der Waals surface area contributed by atoms with Crippen LogP contribution in [0.25, 0.3) is 0 Å². The van der Waals surface area contributed by atoms with Crippen molar-refractivity contribution in [3.05, 3.63) is 42.1 Å². The van der Waals surface area contributed by atoms with Crippen molar-refractivity contribution in [2.45, 2.75) is 13.0 Å². The zero-order valence-corrected chi connectivity index (χ0v) is 12.6. The van der Waals surface area contributed by atoms with E-state index in [2.05, 4.69) is 45.0 Å². The largest absolute Gasteiger partial charge is 0.306 e. The van der Waals surface area contributed by atoms with E-state index in [4.69, 9.17) is 11.6 Å². The fourth-order valence-corrected chi connectivity index (χ4v) is 4.07. The molecular formula is C11H11BrClNS2. The van der Waals surface area contributed by atoms with Gasteiger partial charge >= 0.3 is 0 Å². The van der Waals surface area contributed by atoms with E-state index >= 15 is 0 Å². The number of nitrogens with one attached hydrogen (secondary N) is 1. The highest BCUT2D eigenvalue weighted by Gasteiger charge is 2.17. The molecule has 0 aliphatic heterocycles. The van der Waals surface area contributed by atoms with Crippen LogP contribution in [0.5, 0.6) is 0 Å². The first-order chi connectivity index (χ1) is 7.72. The Balaban J connectivity index is 2.32. The van der Waals surface area contributed by atoms with E-state index in [0.717, 1.165) is 15.4 Å². The molecule has 2 aromatic heterocycles. The predicted molar refractivity (Wildman–Crippen MR) is 76.9 cm³/mol. The molecule has 2 rings (SSSR count). The fraction of sp³-hybridized carbons (Fsp3) is 0.273. The molecule has 1 nitrogen and oxygen atoms in total. The van der Waals surface area contributed by atoms with Gasteiger partial charge in [0.15, 0.2) is 0 Å². The van der Waals surface area contributed by atoms with Crippen LogP contribution in [0, 0.1) is 0 Å². The van der Waals surface area contributed by atoms with Crippen LogP contribution in [0.3, 0.4) is 0 Å². The van der Waals surface area contributed by atoms with Crippen LogP contribution in [-0.4, -0.2) is 6.54 Å². The molecule has 0 saturated carbocycles. The molecule has 0 aliphatic rings. The third-order valence-corrected chi connectivity index (χ3v) is 5.47. The van der Waals surface area contributed by atoms with Crippen LogP contribution in [-0.2, 0) is 0 Å². The molecule has 86 valence electrons. The van der Waals surface area contributed by atoms with Crippen LogP contribution < -0.4 is 5.32 Å². The summed E-state index contributed by atoms with van der Waals surface area (Å²) in [6.07, 6.45) is 0. The molecule has 0 amide bonds. The van der Waals surface area contributed by atoms with Gasteiger partial charge in [0.05, 0.1) is 14.9 Å². The van der Waals surface area contributed by atoms with Crippen molar-refractivity contribution < 1.29 is 0 Å². The summed E-state index contributed by atoms with van der Waals surface area (Å²) in [5.41, 5.74) is 1.30. The quantitative estimate of drug-likeness (QED) is 0.835. The van der Waals surface area contributed by atoms with Gasteiger partial charge in [0.1, 0.15) is 0 Å². The van der Waals surface area contributed by atoms with E-state index in [0.29, 0.717) is 0 Å². The number of halogens is 2. The summed E-state index contributed by atoms with van der Waals surface area (Å²) in [7, 11) is 0. The van der Waals surface area contributed by atoms with Gasteiger partial charge in [0, 0.05) is 4.88 Å². The molecule has 0 saturated heterocycles. The van der Waals surface area contributed by atoms with Crippen molar-refractivity contribution >= 4 is 50.2 Å². The SMILES string of the molecule is CCNC(c1ccsc1)c1cc(Cl)c(Br)s1. The molecular weight excluding hydrogens is 326 g/mol. The van der Waals surface area contributed by atoms with Gasteiger partial charge in [-0.05, 0) is 50.9 Å². The summed E-state index contributed by atoms with van der Waals surface area (Å²) in [4.78, 5) is 1.25. The molecule has 0 fully saturated rings. The normalized spacial score (nSPS) is 12.9. The molecule has 1 atom stereocenters. The second kappa shape index (κ2) is 5.65. The molecule has 2 aromatic rings. The number of hydrogen-bond acceptors (Lipinski definition) is 3. The summed E-state index contributed by atoms with van der Waals surface area (Å²) in [5, 5.41) is 8.55. The lowest BCUT2D eigenvalue weighted by molar-refractivity contribution is 0.641. The lowest BCUT2D eigenvalue weighted by Crippen LogP contribution is -2.20. The first kappa shape index (κ1) is 12.6. The average molecular weight is 337 g/mol. The highest BCUT2D eigenvalue weighted by molar-refractivity contribution is 9.11. The number of rotatable bonds is 4. The summed E-state index contributed by atoms with van der Waals surface area (Å²) in [5.74, 6) is 0. The van der Waals surface area contributed by atoms with Gasteiger partial charge in [0.25, 0.3) is 0 Å². The molecule has 16 heavy (non-hydrogen) atoms. The second-order valence-electron chi connectivity index (χ2n) is 3.32. The van der Waals surface area contributed by atoms with Crippen molar-refractivity contribution in [3.8, 4) is 0 Å². The fourth-order valence-electron chi connectivity index (χ4n) is 1.53. The molecule has 0 bridgehead atoms. The zero-order valence-electron chi connectivity index (χ0n) is 8.67. The molecule has 0 spiro atoms. The standard InChI is InChI=1S/C11H11BrClNS2/c1-2-14-10(7-3-4-15-6-7)9-5-8(13)11(12)16-9/h3-6,10,14H,2H2,1H3. The first-order valence-corrected chi connectivity index (χ1v) is 7.85. The second-order valence-corrected chi connectivity index (χ2v) is 6.91. The molecule has 5 heteroatoms. The number of thiophene rings is 2. The van der Waals surface area contributed by atoms with E-state index in [-0.39, 0.29) is 6.04 Å². The molecule has 1 N–H and O–H groups in total. The third kappa shape index (κ3) is 2.68. The molecule has 1 unspecified atom stereocenters. The van der Waals surface area contributed by atoms with Crippen LogP contribution >= 0.6 is 50.2 Å². The third-order valence-electron chi connectivity index (χ3n) is 2.23. The smallest absolute Gasteiger partial charge is 0.0888 e. The Kier molecular flexibility index (Phi) is 4.44. The van der Waals surface area contributed by atoms with E-state index in [1.165, 1.54) is 10.4 Å². The van der Waals surface area contributed by atoms with Crippen molar-refractivity contribution in [2.75, 3.05) is 6.54 Å². The molecule has 0 radical (unpaired) electrons. The Hall–Kier alpha value is 0.130. The minimum atomic E-state index is 0.255. The van der Waals surface area contributed by atoms with Crippen molar-refractivity contribution in [1.82, 2.24) is 5.32 Å². The summed E-state index contributed by atoms with van der Waals surface area (Å²) >= 11 is 12.9. The van der Waals surface area contributed by atoms with Crippen molar-refractivity contribution in [2.24, 2.45) is 0 Å². The van der Waals surface area contributed by atoms with Crippen molar-refractivity contribution in [1.29, 1.82) is 0 Å². The lowest BCUT2D eigenvalue weighted by Gasteiger charge is -2.14. The monoisotopic (exact) mass is 335 g/mol. The topological polar surface area (TPSA) is 12.0 Å². The zero-order chi connectivity index (χ0) is 11.5. The maximum absolute atomic E-state index is 6.07. The van der Waals surface area contributed by atoms with Crippen LogP contribution in [0.1, 0.15) is 23.4 Å². The maximum atomic E-state index is 6.07. The minimum Gasteiger partial charge on any atom is -0.306 e. The minimum absolute atomic E-state index is 0.255. The Morgan fingerprint density at radius 1 is 1.56 bits per heavy atom. The van der Waals surface area contributed by atoms with E-state index < -0.39 is 0 Å². The first-order valence-electron chi connectivity index (χ1n) is 4.92. The molecule has 0 aromatic carbocycles. The predicted octanol–water partition coefficient (Wildman–Crippen LogP) is 4.92. The Labute approximate surface area is 117 Å². The summed E-state index contributed by atoms with van der Waals surface area (Å²) < 4.78 is 1.00. The van der Waals surface area contributed by atoms with Gasteiger partial charge < -0.3 is 5.32 Å². The summed E-state index contributed by atoms with van der Waals surface area (Å²) in [6, 6.07) is 4.44. The van der Waals surface area contributed by atoms with Crippen LogP contribution in [0.15, 0.2) is 26.7 Å². The van der Waals surface area contributed by atoms with E-state index in [9.17, 15) is 0 Å².